The number of halogens is 1. The van der Waals surface area contributed by atoms with Crippen LogP contribution >= 0.6 is 15.9 Å². The molecular weight excluding hydrogens is 512 g/mol. The minimum Gasteiger partial charge on any atom is -0.492 e. The number of aromatic nitrogens is 2. The number of rotatable bonds is 7. The first-order valence-corrected chi connectivity index (χ1v) is 11.7. The normalized spacial score (nSPS) is 11.1. The molecule has 0 saturated heterocycles. The van der Waals surface area contributed by atoms with Gasteiger partial charge in [0.15, 0.2) is 0 Å². The molecule has 3 aromatic carbocycles. The number of nitrogens with two attached hydrogens (primary N) is 1. The number of imidazole rings is 1. The van der Waals surface area contributed by atoms with Crippen LogP contribution in [0.4, 0.5) is 11.6 Å². The van der Waals surface area contributed by atoms with Crippen molar-refractivity contribution in [1.29, 1.82) is 0 Å². The fourth-order valence-corrected chi connectivity index (χ4v) is 4.41. The van der Waals surface area contributed by atoms with E-state index in [-0.39, 0.29) is 5.56 Å². The Hall–Kier alpha value is -4.11. The van der Waals surface area contributed by atoms with Crippen LogP contribution in [0.5, 0.6) is 5.75 Å². The van der Waals surface area contributed by atoms with E-state index in [1.165, 1.54) is 0 Å². The number of nitrogens with zero attached hydrogens (tertiary/aromatic N) is 2. The summed E-state index contributed by atoms with van der Waals surface area (Å²) in [7, 11) is 0. The Morgan fingerprint density at radius 1 is 1.14 bits per heavy atom. The number of amides is 1. The zero-order valence-corrected chi connectivity index (χ0v) is 20.3. The first kappa shape index (κ1) is 22.7. The van der Waals surface area contributed by atoms with Crippen LogP contribution in [-0.2, 0) is 6.54 Å². The number of hydrogen-bond donors (Lipinski definition) is 2. The fourth-order valence-electron chi connectivity index (χ4n) is 4.03. The predicted octanol–water partition coefficient (Wildman–Crippen LogP) is 5.14. The number of carbonyl (C=O) groups excluding carboxylic acids is 1. The summed E-state index contributed by atoms with van der Waals surface area (Å²) in [5.41, 5.74) is 7.57. The number of nitrogens with one attached hydrogen (secondary N) is 1. The lowest BCUT2D eigenvalue weighted by Gasteiger charge is -2.13. The predicted molar refractivity (Wildman–Crippen MR) is 138 cm³/mol. The van der Waals surface area contributed by atoms with E-state index in [1.54, 1.807) is 19.1 Å². The van der Waals surface area contributed by atoms with Gasteiger partial charge < -0.3 is 24.8 Å². The number of fused-ring (bicyclic) bond motifs is 2. The Bertz CT molecular complexity index is 1630. The van der Waals surface area contributed by atoms with E-state index in [1.807, 2.05) is 59.2 Å². The average Bonchev–Trinajstić information content (AvgIpc) is 3.16. The maximum Gasteiger partial charge on any atom is 0.349 e. The molecule has 0 aliphatic carbocycles. The van der Waals surface area contributed by atoms with Crippen LogP contribution in [0.2, 0.25) is 0 Å². The van der Waals surface area contributed by atoms with Crippen LogP contribution in [0.3, 0.4) is 0 Å². The number of anilines is 2. The lowest BCUT2D eigenvalue weighted by molar-refractivity contribution is 0.0996. The molecule has 0 radical (unpaired) electrons. The minimum absolute atomic E-state index is 0.154. The van der Waals surface area contributed by atoms with Gasteiger partial charge in [0.05, 0.1) is 23.3 Å². The van der Waals surface area contributed by atoms with Crippen molar-refractivity contribution in [1.82, 2.24) is 9.55 Å². The summed E-state index contributed by atoms with van der Waals surface area (Å²) in [4.78, 5) is 29.0. The quantitative estimate of drug-likeness (QED) is 0.281. The highest BCUT2D eigenvalue weighted by Gasteiger charge is 2.19. The molecule has 9 heteroatoms. The number of benzene rings is 3. The van der Waals surface area contributed by atoms with E-state index in [9.17, 15) is 9.59 Å². The molecule has 0 aliphatic heterocycles. The topological polar surface area (TPSA) is 112 Å². The van der Waals surface area contributed by atoms with Crippen molar-refractivity contribution in [2.24, 2.45) is 5.73 Å². The van der Waals surface area contributed by atoms with Gasteiger partial charge in [-0.05, 0) is 58.7 Å². The third-order valence-corrected chi connectivity index (χ3v) is 6.42. The van der Waals surface area contributed by atoms with E-state index in [0.29, 0.717) is 41.1 Å². The van der Waals surface area contributed by atoms with Gasteiger partial charge in [-0.1, -0.05) is 30.3 Å². The zero-order valence-electron chi connectivity index (χ0n) is 18.7. The Kier molecular flexibility index (Phi) is 6.00. The second kappa shape index (κ2) is 9.27. The molecule has 2 aromatic heterocycles. The molecule has 5 rings (SSSR count). The lowest BCUT2D eigenvalue weighted by atomic mass is 10.1. The summed E-state index contributed by atoms with van der Waals surface area (Å²) in [6.45, 7) is 2.55. The van der Waals surface area contributed by atoms with Crippen LogP contribution in [0.1, 0.15) is 15.9 Å². The third kappa shape index (κ3) is 4.38. The summed E-state index contributed by atoms with van der Waals surface area (Å²) < 4.78 is 14.2. The summed E-state index contributed by atoms with van der Waals surface area (Å²) >= 11 is 3.56. The van der Waals surface area contributed by atoms with E-state index in [0.717, 1.165) is 21.4 Å². The van der Waals surface area contributed by atoms with Crippen molar-refractivity contribution < 1.29 is 13.9 Å². The highest BCUT2D eigenvalue weighted by atomic mass is 79.9. The second-order valence-electron chi connectivity index (χ2n) is 7.94. The van der Waals surface area contributed by atoms with Gasteiger partial charge in [-0.25, -0.2) is 9.78 Å². The van der Waals surface area contributed by atoms with Crippen LogP contribution in [0, 0.1) is 6.92 Å². The standard InChI is InChI=1S/C26H21BrN4O4/c1-15-17-13-20-21(14-22(17)35-25(33)23(15)24(28)32)31(11-12-34-16-7-3-2-4-8-16)26(30-20)29-19-10-6-5-9-18(19)27/h2-10,13-14H,11-12H2,1H3,(H2,28,32)(H,29,30). The Morgan fingerprint density at radius 2 is 1.89 bits per heavy atom. The number of primary amides is 1. The van der Waals surface area contributed by atoms with Gasteiger partial charge in [0.2, 0.25) is 5.95 Å². The van der Waals surface area contributed by atoms with Gasteiger partial charge in [0.25, 0.3) is 5.91 Å². The van der Waals surface area contributed by atoms with Gasteiger partial charge in [0, 0.05) is 15.9 Å². The molecule has 35 heavy (non-hydrogen) atoms. The maximum atomic E-state index is 12.4. The third-order valence-electron chi connectivity index (χ3n) is 5.73. The fraction of sp³-hybridized carbons (Fsp3) is 0.115. The lowest BCUT2D eigenvalue weighted by Crippen LogP contribution is -2.22. The molecule has 5 aromatic rings. The van der Waals surface area contributed by atoms with E-state index in [2.05, 4.69) is 21.2 Å². The van der Waals surface area contributed by atoms with Crippen LogP contribution in [-0.4, -0.2) is 22.1 Å². The highest BCUT2D eigenvalue weighted by molar-refractivity contribution is 9.10. The molecule has 0 spiro atoms. The van der Waals surface area contributed by atoms with Gasteiger partial charge >= 0.3 is 5.63 Å². The van der Waals surface area contributed by atoms with Crippen molar-refractivity contribution in [3.05, 3.63) is 92.7 Å². The van der Waals surface area contributed by atoms with E-state index >= 15 is 0 Å². The number of aryl methyl sites for hydroxylation is 1. The number of hydrogen-bond acceptors (Lipinski definition) is 6. The number of carbonyl (C=O) groups is 1. The van der Waals surface area contributed by atoms with Gasteiger partial charge in [0.1, 0.15) is 23.5 Å². The van der Waals surface area contributed by atoms with Gasteiger partial charge in [-0.2, -0.15) is 0 Å². The molecule has 2 heterocycles. The molecule has 176 valence electrons. The summed E-state index contributed by atoms with van der Waals surface area (Å²) in [5, 5.41) is 3.97. The van der Waals surface area contributed by atoms with Gasteiger partial charge in [-0.15, -0.1) is 0 Å². The molecule has 8 nitrogen and oxygen atoms in total. The molecule has 0 unspecified atom stereocenters. The van der Waals surface area contributed by atoms with Gasteiger partial charge in [-0.3, -0.25) is 4.79 Å². The van der Waals surface area contributed by atoms with Crippen molar-refractivity contribution in [3.8, 4) is 5.75 Å². The number of ether oxygens (including phenoxy) is 1. The summed E-state index contributed by atoms with van der Waals surface area (Å²) in [6, 6.07) is 20.8. The molecule has 1 amide bonds. The molecule has 0 aliphatic rings. The SMILES string of the molecule is Cc1c(C(N)=O)c(=O)oc2cc3c(cc12)nc(Nc1ccccc1Br)n3CCOc1ccccc1. The second-order valence-corrected chi connectivity index (χ2v) is 8.80. The molecular formula is C26H21BrN4O4. The summed E-state index contributed by atoms with van der Waals surface area (Å²) in [6.07, 6.45) is 0. The Balaban J connectivity index is 1.62. The Labute approximate surface area is 208 Å². The maximum absolute atomic E-state index is 12.4. The monoisotopic (exact) mass is 532 g/mol. The Morgan fingerprint density at radius 3 is 2.63 bits per heavy atom. The molecule has 0 fully saturated rings. The molecule has 0 atom stereocenters. The summed E-state index contributed by atoms with van der Waals surface area (Å²) in [5.74, 6) is 0.537. The zero-order chi connectivity index (χ0) is 24.5. The first-order chi connectivity index (χ1) is 16.9. The van der Waals surface area contributed by atoms with Crippen LogP contribution < -0.4 is 21.4 Å². The number of para-hydroxylation sites is 2. The molecule has 0 saturated carbocycles. The highest BCUT2D eigenvalue weighted by Crippen LogP contribution is 2.31. The van der Waals surface area contributed by atoms with Crippen molar-refractivity contribution in [2.45, 2.75) is 13.5 Å². The average molecular weight is 533 g/mol. The molecule has 3 N–H and O–H groups in total. The smallest absolute Gasteiger partial charge is 0.349 e. The van der Waals surface area contributed by atoms with E-state index in [4.69, 9.17) is 19.9 Å². The van der Waals surface area contributed by atoms with Crippen molar-refractivity contribution in [3.63, 3.8) is 0 Å². The first-order valence-electron chi connectivity index (χ1n) is 10.9. The van der Waals surface area contributed by atoms with Crippen LogP contribution in [0.25, 0.3) is 22.0 Å². The molecule has 0 bridgehead atoms. The van der Waals surface area contributed by atoms with Crippen LogP contribution in [0.15, 0.2) is 80.4 Å². The van der Waals surface area contributed by atoms with Crippen molar-refractivity contribution in [2.75, 3.05) is 11.9 Å². The minimum atomic E-state index is -0.821. The largest absolute Gasteiger partial charge is 0.492 e. The van der Waals surface area contributed by atoms with E-state index < -0.39 is 11.5 Å². The van der Waals surface area contributed by atoms with Crippen molar-refractivity contribution >= 4 is 55.5 Å².